The summed E-state index contributed by atoms with van der Waals surface area (Å²) in [6, 6.07) is 29.3. The Kier molecular flexibility index (Phi) is 13.2. The molecule has 0 aliphatic heterocycles. The molecule has 0 spiro atoms. The molecule has 3 aromatic carbocycles. The van der Waals surface area contributed by atoms with E-state index in [1.54, 1.807) is 0 Å². The second-order valence-electron chi connectivity index (χ2n) is 14.1. The van der Waals surface area contributed by atoms with Gasteiger partial charge in [-0.3, -0.25) is 0 Å². The van der Waals surface area contributed by atoms with E-state index in [9.17, 15) is 87.6 Å². The van der Waals surface area contributed by atoms with Gasteiger partial charge in [0.25, 0.3) is 0 Å². The number of rotatable bonds is 10. The molecular formula is C34H31F17O3S2. The van der Waals surface area contributed by atoms with Crippen LogP contribution in [0.1, 0.15) is 52.7 Å². The third-order valence-electron chi connectivity index (χ3n) is 7.90. The van der Waals surface area contributed by atoms with Crippen LogP contribution in [0.25, 0.3) is 0 Å². The fourth-order valence-corrected chi connectivity index (χ4v) is 6.96. The summed E-state index contributed by atoms with van der Waals surface area (Å²) in [5.41, 5.74) is 3.12. The minimum Gasteiger partial charge on any atom is -0.743 e. The molecule has 316 valence electrons. The molecule has 0 bridgehead atoms. The van der Waals surface area contributed by atoms with Crippen LogP contribution >= 0.6 is 0 Å². The summed E-state index contributed by atoms with van der Waals surface area (Å²) in [5, 5.41) is -7.95. The van der Waals surface area contributed by atoms with Crippen molar-refractivity contribution in [2.45, 2.75) is 114 Å². The van der Waals surface area contributed by atoms with Crippen molar-refractivity contribution in [3.63, 3.8) is 0 Å². The summed E-state index contributed by atoms with van der Waals surface area (Å²) >= 11 is 0. The Morgan fingerprint density at radius 3 is 0.946 bits per heavy atom. The number of alkyl halides is 17. The van der Waals surface area contributed by atoms with Gasteiger partial charge in [0.05, 0.1) is 10.9 Å². The Labute approximate surface area is 312 Å². The van der Waals surface area contributed by atoms with Crippen molar-refractivity contribution in [1.82, 2.24) is 0 Å². The lowest BCUT2D eigenvalue weighted by molar-refractivity contribution is -0.458. The monoisotopic (exact) mass is 874 g/mol. The normalized spacial score (nSPS) is 14.7. The van der Waals surface area contributed by atoms with E-state index >= 15 is 0 Å². The van der Waals surface area contributed by atoms with Gasteiger partial charge in [0.15, 0.2) is 24.8 Å². The van der Waals surface area contributed by atoms with E-state index in [0.717, 1.165) is 0 Å². The smallest absolute Gasteiger partial charge is 0.460 e. The van der Waals surface area contributed by atoms with Gasteiger partial charge in [-0.05, 0) is 58.4 Å². The molecule has 0 saturated carbocycles. The summed E-state index contributed by atoms with van der Waals surface area (Å²) in [7, 11) is -8.23. The predicted octanol–water partition coefficient (Wildman–Crippen LogP) is 11.9. The molecule has 22 heteroatoms. The first-order chi connectivity index (χ1) is 24.7. The largest absolute Gasteiger partial charge is 0.743 e. The van der Waals surface area contributed by atoms with E-state index in [-0.39, 0.29) is 21.7 Å². The lowest BCUT2D eigenvalue weighted by Crippen LogP contribution is -2.75. The highest BCUT2D eigenvalue weighted by molar-refractivity contribution is 7.97. The van der Waals surface area contributed by atoms with Gasteiger partial charge in [0.2, 0.25) is 0 Å². The van der Waals surface area contributed by atoms with E-state index < -0.39 is 57.1 Å². The van der Waals surface area contributed by atoms with E-state index in [2.05, 4.69) is 120 Å². The zero-order valence-corrected chi connectivity index (χ0v) is 31.1. The van der Waals surface area contributed by atoms with Crippen molar-refractivity contribution < 1.29 is 87.6 Å². The van der Waals surface area contributed by atoms with Crippen LogP contribution < -0.4 is 0 Å². The summed E-state index contributed by atoms with van der Waals surface area (Å²) in [6.07, 6.45) is -7.89. The molecule has 0 aliphatic rings. The summed E-state index contributed by atoms with van der Waals surface area (Å²) in [4.78, 5) is 4.11. The molecule has 3 nitrogen and oxygen atoms in total. The molecular weight excluding hydrogens is 843 g/mol. The number of hydrogen-bond donors (Lipinski definition) is 0. The van der Waals surface area contributed by atoms with Crippen LogP contribution in [0.4, 0.5) is 74.6 Å². The Balaban J connectivity index is 0.000000387. The maximum absolute atomic E-state index is 13.0. The number of hydrogen-bond acceptors (Lipinski definition) is 3. The third kappa shape index (κ3) is 8.61. The Bertz CT molecular complexity index is 1840. The molecule has 0 aliphatic carbocycles. The fourth-order valence-electron chi connectivity index (χ4n) is 4.45. The van der Waals surface area contributed by atoms with Crippen molar-refractivity contribution in [3.05, 3.63) is 90.0 Å². The van der Waals surface area contributed by atoms with Gasteiger partial charge in [0, 0.05) is 0 Å². The summed E-state index contributed by atoms with van der Waals surface area (Å²) in [5.74, 6) is -52.1. The first-order valence-corrected chi connectivity index (χ1v) is 18.0. The molecule has 0 unspecified atom stereocenters. The van der Waals surface area contributed by atoms with Crippen LogP contribution in [0.2, 0.25) is 0 Å². The average molecular weight is 875 g/mol. The summed E-state index contributed by atoms with van der Waals surface area (Å²) in [6.45, 7) is 13.6. The molecule has 0 N–H and O–H groups in total. The van der Waals surface area contributed by atoms with Crippen molar-refractivity contribution in [2.75, 3.05) is 0 Å². The van der Waals surface area contributed by atoms with Crippen LogP contribution in [0.3, 0.4) is 0 Å². The van der Waals surface area contributed by atoms with Gasteiger partial charge >= 0.3 is 47.0 Å². The minimum absolute atomic E-state index is 0.0847. The quantitative estimate of drug-likeness (QED) is 0.116. The van der Waals surface area contributed by atoms with Gasteiger partial charge < -0.3 is 4.55 Å². The lowest BCUT2D eigenvalue weighted by atomic mass is 9.87. The standard InChI is InChI=1S/C26H31S.C8HF17O3S/c1-25(2,3)20-12-16-23(17-13-20)27(22-10-8-7-9-11-22)24-18-14-21(15-19-24)26(4,5)6;9-1(10,3(13,14)5(17,18)7(21,22)23)2(11,12)4(15,16)6(19,20)8(24,25)29(26,27)28/h7-19H,1-6H3;(H,26,27,28)/q+1;/p-1. The Morgan fingerprint density at radius 2 is 0.679 bits per heavy atom. The van der Waals surface area contributed by atoms with Crippen molar-refractivity contribution in [1.29, 1.82) is 0 Å². The minimum atomic E-state index is -8.92. The maximum atomic E-state index is 13.0. The average Bonchev–Trinajstić information content (AvgIpc) is 3.04. The lowest BCUT2D eigenvalue weighted by Gasteiger charge is -2.42. The van der Waals surface area contributed by atoms with Crippen molar-refractivity contribution in [2.24, 2.45) is 0 Å². The zero-order chi connectivity index (χ0) is 44.2. The molecule has 0 radical (unpaired) electrons. The topological polar surface area (TPSA) is 57.2 Å². The molecule has 0 saturated heterocycles. The molecule has 56 heavy (non-hydrogen) atoms. The first kappa shape index (κ1) is 48.9. The van der Waals surface area contributed by atoms with Gasteiger partial charge in [-0.1, -0.05) is 84.0 Å². The first-order valence-electron chi connectivity index (χ1n) is 15.3. The zero-order valence-electron chi connectivity index (χ0n) is 29.5. The van der Waals surface area contributed by atoms with E-state index in [4.69, 9.17) is 0 Å². The molecule has 3 rings (SSSR count). The SMILES string of the molecule is CC(C)(C)c1ccc([S+](c2ccccc2)c2ccc(C(C)(C)C)cc2)cc1.O=S(=O)([O-])C(F)(F)C(F)(F)C(F)(F)C(F)(F)C(F)(F)C(F)(F)C(F)(F)C(F)(F)F. The van der Waals surface area contributed by atoms with Crippen LogP contribution in [-0.2, 0) is 31.8 Å². The molecule has 0 amide bonds. The van der Waals surface area contributed by atoms with Crippen molar-refractivity contribution >= 4 is 21.0 Å². The maximum Gasteiger partial charge on any atom is 0.460 e. The molecule has 0 aromatic heterocycles. The van der Waals surface area contributed by atoms with Gasteiger partial charge in [-0.15, -0.1) is 0 Å². The van der Waals surface area contributed by atoms with Gasteiger partial charge in [-0.25, -0.2) is 8.42 Å². The second kappa shape index (κ2) is 15.2. The summed E-state index contributed by atoms with van der Waals surface area (Å²) < 4.78 is 244. The van der Waals surface area contributed by atoms with Crippen LogP contribution in [0.5, 0.6) is 0 Å². The molecule has 0 atom stereocenters. The molecule has 0 fully saturated rings. The molecule has 3 aromatic rings. The Morgan fingerprint density at radius 1 is 0.411 bits per heavy atom. The second-order valence-corrected chi connectivity index (χ2v) is 17.5. The van der Waals surface area contributed by atoms with E-state index in [1.807, 2.05) is 0 Å². The van der Waals surface area contributed by atoms with Crippen LogP contribution in [-0.4, -0.2) is 59.9 Å². The predicted molar refractivity (Wildman–Crippen MR) is 169 cm³/mol. The van der Waals surface area contributed by atoms with Crippen LogP contribution in [0, 0.1) is 0 Å². The highest BCUT2D eigenvalue weighted by Crippen LogP contribution is 2.64. The highest BCUT2D eigenvalue weighted by atomic mass is 32.2. The Hall–Kier alpha value is -3.27. The van der Waals surface area contributed by atoms with Gasteiger partial charge in [-0.2, -0.15) is 74.6 Å². The molecule has 0 heterocycles. The fraction of sp³-hybridized carbons (Fsp3) is 0.471. The van der Waals surface area contributed by atoms with E-state index in [1.165, 1.54) is 25.8 Å². The third-order valence-corrected chi connectivity index (χ3v) is 11.0. The van der Waals surface area contributed by atoms with Crippen molar-refractivity contribution in [3.8, 4) is 0 Å². The van der Waals surface area contributed by atoms with E-state index in [0.29, 0.717) is 0 Å². The number of halogens is 17. The highest BCUT2D eigenvalue weighted by Gasteiger charge is 2.95. The van der Waals surface area contributed by atoms with Gasteiger partial charge in [0.1, 0.15) is 0 Å². The van der Waals surface area contributed by atoms with Crippen LogP contribution in [0.15, 0.2) is 93.5 Å². The number of benzene rings is 3.